The predicted molar refractivity (Wildman–Crippen MR) is 113 cm³/mol. The van der Waals surface area contributed by atoms with Gasteiger partial charge in [-0.25, -0.2) is 0 Å². The van der Waals surface area contributed by atoms with Crippen molar-refractivity contribution in [3.63, 3.8) is 0 Å². The SMILES string of the molecule is CC(C)c1ccc(C2C(C(=O)c3ccco3)C(=O)C(=O)N2CC[NH+]2CCOCC2)cc1. The van der Waals surface area contributed by atoms with Crippen molar-refractivity contribution < 1.29 is 28.4 Å². The third-order valence-corrected chi connectivity index (χ3v) is 6.30. The monoisotopic (exact) mass is 425 g/mol. The zero-order valence-corrected chi connectivity index (χ0v) is 18.0. The van der Waals surface area contributed by atoms with Crippen LogP contribution in [0, 0.1) is 5.92 Å². The number of carbonyl (C=O) groups excluding carboxylic acids is 3. The highest BCUT2D eigenvalue weighted by molar-refractivity contribution is 6.43. The van der Waals surface area contributed by atoms with E-state index in [9.17, 15) is 14.4 Å². The number of quaternary nitrogens is 1. The van der Waals surface area contributed by atoms with E-state index < -0.39 is 29.4 Å². The third kappa shape index (κ3) is 4.34. The van der Waals surface area contributed by atoms with Gasteiger partial charge in [-0.2, -0.15) is 0 Å². The average molecular weight is 426 g/mol. The first-order chi connectivity index (χ1) is 15.0. The standard InChI is InChI=1S/C24H28N2O5/c1-16(2)17-5-7-18(8-6-17)21-20(22(27)19-4-3-13-31-19)23(28)24(29)26(21)10-9-25-11-14-30-15-12-25/h3-8,13,16,20-21H,9-12,14-15H2,1-2H3/p+1. The summed E-state index contributed by atoms with van der Waals surface area (Å²) in [5, 5.41) is 0. The van der Waals surface area contributed by atoms with Crippen LogP contribution in [0.1, 0.15) is 47.5 Å². The van der Waals surface area contributed by atoms with Crippen molar-refractivity contribution in [1.82, 2.24) is 4.90 Å². The van der Waals surface area contributed by atoms with Crippen LogP contribution in [0.25, 0.3) is 0 Å². The van der Waals surface area contributed by atoms with E-state index in [4.69, 9.17) is 9.15 Å². The van der Waals surface area contributed by atoms with Crippen molar-refractivity contribution in [3.05, 3.63) is 59.5 Å². The summed E-state index contributed by atoms with van der Waals surface area (Å²) in [4.78, 5) is 42.0. The number of likely N-dealkylation sites (tertiary alicyclic amines) is 1. The Morgan fingerprint density at radius 2 is 1.84 bits per heavy atom. The Balaban J connectivity index is 1.65. The molecule has 4 rings (SSSR count). The van der Waals surface area contributed by atoms with Crippen LogP contribution in [-0.4, -0.2) is 61.8 Å². The van der Waals surface area contributed by atoms with E-state index in [0.29, 0.717) is 32.2 Å². The molecule has 2 aromatic rings. The number of hydrogen-bond acceptors (Lipinski definition) is 5. The number of carbonyl (C=O) groups is 3. The number of benzene rings is 1. The Kier molecular flexibility index (Phi) is 6.34. The van der Waals surface area contributed by atoms with Crippen LogP contribution in [0.15, 0.2) is 47.1 Å². The molecule has 2 aliphatic rings. The molecule has 2 saturated heterocycles. The summed E-state index contributed by atoms with van der Waals surface area (Å²) in [5.74, 6) is -2.31. The number of furan rings is 1. The smallest absolute Gasteiger partial charge is 0.291 e. The van der Waals surface area contributed by atoms with Crippen molar-refractivity contribution >= 4 is 17.5 Å². The van der Waals surface area contributed by atoms with Crippen LogP contribution in [-0.2, 0) is 14.3 Å². The van der Waals surface area contributed by atoms with E-state index in [1.165, 1.54) is 11.2 Å². The molecule has 2 atom stereocenters. The Bertz CT molecular complexity index is 929. The van der Waals surface area contributed by atoms with E-state index in [1.54, 1.807) is 17.0 Å². The van der Waals surface area contributed by atoms with Crippen LogP contribution in [0.2, 0.25) is 0 Å². The van der Waals surface area contributed by atoms with Gasteiger partial charge in [0.2, 0.25) is 11.6 Å². The van der Waals surface area contributed by atoms with Gasteiger partial charge in [-0.1, -0.05) is 38.1 Å². The summed E-state index contributed by atoms with van der Waals surface area (Å²) in [6.07, 6.45) is 1.40. The van der Waals surface area contributed by atoms with E-state index in [2.05, 4.69) is 13.8 Å². The van der Waals surface area contributed by atoms with Crippen LogP contribution in [0.3, 0.4) is 0 Å². The fraction of sp³-hybridized carbons (Fsp3) is 0.458. The summed E-state index contributed by atoms with van der Waals surface area (Å²) in [5.41, 5.74) is 1.96. The van der Waals surface area contributed by atoms with E-state index in [1.807, 2.05) is 24.3 Å². The van der Waals surface area contributed by atoms with Crippen molar-refractivity contribution in [2.45, 2.75) is 25.8 Å². The molecule has 0 spiro atoms. The number of ketones is 2. The Morgan fingerprint density at radius 1 is 1.13 bits per heavy atom. The maximum absolute atomic E-state index is 13.2. The van der Waals surface area contributed by atoms with Gasteiger partial charge in [0.25, 0.3) is 5.91 Å². The summed E-state index contributed by atoms with van der Waals surface area (Å²) in [6, 6.07) is 10.4. The molecule has 31 heavy (non-hydrogen) atoms. The Labute approximate surface area is 181 Å². The van der Waals surface area contributed by atoms with Crippen LogP contribution < -0.4 is 4.90 Å². The molecule has 0 radical (unpaired) electrons. The topological polar surface area (TPSA) is 81.3 Å². The first-order valence-electron chi connectivity index (χ1n) is 10.9. The largest absolute Gasteiger partial charge is 0.461 e. The van der Waals surface area contributed by atoms with Gasteiger partial charge in [-0.15, -0.1) is 0 Å². The molecule has 0 saturated carbocycles. The lowest BCUT2D eigenvalue weighted by Crippen LogP contribution is -3.14. The van der Waals surface area contributed by atoms with Gasteiger partial charge >= 0.3 is 0 Å². The molecule has 7 heteroatoms. The van der Waals surface area contributed by atoms with Gasteiger partial charge in [-0.3, -0.25) is 14.4 Å². The molecule has 1 amide bonds. The summed E-state index contributed by atoms with van der Waals surface area (Å²) in [6.45, 7) is 8.49. The number of nitrogens with one attached hydrogen (secondary N) is 1. The highest BCUT2D eigenvalue weighted by atomic mass is 16.5. The summed E-state index contributed by atoms with van der Waals surface area (Å²) in [7, 11) is 0. The number of amides is 1. The molecule has 2 fully saturated rings. The molecular weight excluding hydrogens is 396 g/mol. The molecule has 0 bridgehead atoms. The van der Waals surface area contributed by atoms with Gasteiger partial charge in [0.05, 0.1) is 38.6 Å². The normalized spacial score (nSPS) is 22.5. The molecule has 2 aliphatic heterocycles. The van der Waals surface area contributed by atoms with E-state index in [0.717, 1.165) is 24.2 Å². The minimum absolute atomic E-state index is 0.107. The van der Waals surface area contributed by atoms with E-state index in [-0.39, 0.29) is 5.76 Å². The zero-order chi connectivity index (χ0) is 22.0. The Morgan fingerprint density at radius 3 is 2.45 bits per heavy atom. The molecule has 7 nitrogen and oxygen atoms in total. The average Bonchev–Trinajstić information content (AvgIpc) is 3.41. The minimum atomic E-state index is -1.09. The lowest BCUT2D eigenvalue weighted by atomic mass is 9.87. The second-order valence-corrected chi connectivity index (χ2v) is 8.56. The van der Waals surface area contributed by atoms with Gasteiger partial charge in [0, 0.05) is 0 Å². The lowest BCUT2D eigenvalue weighted by Gasteiger charge is -2.30. The Hall–Kier alpha value is -2.77. The molecule has 2 unspecified atom stereocenters. The van der Waals surface area contributed by atoms with Crippen LogP contribution in [0.5, 0.6) is 0 Å². The number of hydrogen-bond donors (Lipinski definition) is 1. The van der Waals surface area contributed by atoms with Crippen molar-refractivity contribution in [3.8, 4) is 0 Å². The van der Waals surface area contributed by atoms with Gasteiger partial charge in [0.15, 0.2) is 5.76 Å². The highest BCUT2D eigenvalue weighted by Crippen LogP contribution is 2.38. The number of nitrogens with zero attached hydrogens (tertiary/aromatic N) is 1. The first kappa shape index (κ1) is 21.5. The number of ether oxygens (including phenoxy) is 1. The minimum Gasteiger partial charge on any atom is -0.461 e. The van der Waals surface area contributed by atoms with Crippen LogP contribution >= 0.6 is 0 Å². The fourth-order valence-corrected chi connectivity index (χ4v) is 4.44. The zero-order valence-electron chi connectivity index (χ0n) is 18.0. The summed E-state index contributed by atoms with van der Waals surface area (Å²) >= 11 is 0. The van der Waals surface area contributed by atoms with Gasteiger partial charge in [0.1, 0.15) is 19.0 Å². The summed E-state index contributed by atoms with van der Waals surface area (Å²) < 4.78 is 10.7. The van der Waals surface area contributed by atoms with Crippen molar-refractivity contribution in [1.29, 1.82) is 0 Å². The van der Waals surface area contributed by atoms with Gasteiger partial charge < -0.3 is 19.0 Å². The second-order valence-electron chi connectivity index (χ2n) is 8.56. The molecule has 0 aliphatic carbocycles. The molecule has 1 aromatic carbocycles. The van der Waals surface area contributed by atoms with E-state index >= 15 is 0 Å². The molecule has 164 valence electrons. The third-order valence-electron chi connectivity index (χ3n) is 6.30. The molecule has 1 aromatic heterocycles. The predicted octanol–water partition coefficient (Wildman–Crippen LogP) is 1.27. The highest BCUT2D eigenvalue weighted by Gasteiger charge is 2.52. The van der Waals surface area contributed by atoms with Crippen molar-refractivity contribution in [2.75, 3.05) is 39.4 Å². The number of morpholine rings is 1. The fourth-order valence-electron chi connectivity index (χ4n) is 4.44. The lowest BCUT2D eigenvalue weighted by molar-refractivity contribution is -0.907. The quantitative estimate of drug-likeness (QED) is 0.411. The second kappa shape index (κ2) is 9.16. The maximum Gasteiger partial charge on any atom is 0.291 e. The maximum atomic E-state index is 13.2. The number of rotatable bonds is 7. The number of Topliss-reactive ketones (excluding diaryl/α,β-unsaturated/α-hetero) is 2. The van der Waals surface area contributed by atoms with Crippen LogP contribution in [0.4, 0.5) is 0 Å². The molecule has 1 N–H and O–H groups in total. The van der Waals surface area contributed by atoms with Crippen molar-refractivity contribution in [2.24, 2.45) is 5.92 Å². The van der Waals surface area contributed by atoms with Gasteiger partial charge in [-0.05, 0) is 29.2 Å². The molecular formula is C24H29N2O5+. The first-order valence-corrected chi connectivity index (χ1v) is 10.9. The molecule has 3 heterocycles.